The van der Waals surface area contributed by atoms with Crippen LogP contribution in [0.2, 0.25) is 0 Å². The van der Waals surface area contributed by atoms with E-state index in [0.717, 1.165) is 12.4 Å². The van der Waals surface area contributed by atoms with Crippen molar-refractivity contribution >= 4 is 22.9 Å². The second-order valence-electron chi connectivity index (χ2n) is 3.04. The zero-order valence-electron chi connectivity index (χ0n) is 7.77. The Balaban J connectivity index is 2.22. The van der Waals surface area contributed by atoms with Crippen LogP contribution in [-0.2, 0) is 12.4 Å². The second-order valence-corrected chi connectivity index (χ2v) is 4.30. The molecular formula is C9H10ClN3S. The monoisotopic (exact) mass is 227 g/mol. The molecule has 0 atom stereocenters. The van der Waals surface area contributed by atoms with Crippen molar-refractivity contribution < 1.29 is 0 Å². The third kappa shape index (κ3) is 1.81. The summed E-state index contributed by atoms with van der Waals surface area (Å²) in [7, 11) is 0. The number of nitrogens with zero attached hydrogens (tertiary/aromatic N) is 3. The summed E-state index contributed by atoms with van der Waals surface area (Å²) in [5.41, 5.74) is 1.31. The molecule has 0 N–H and O–H groups in total. The zero-order chi connectivity index (χ0) is 9.97. The molecule has 0 spiro atoms. The maximum absolute atomic E-state index is 5.73. The van der Waals surface area contributed by atoms with Crippen LogP contribution in [-0.4, -0.2) is 14.8 Å². The number of halogens is 1. The van der Waals surface area contributed by atoms with Crippen LogP contribution < -0.4 is 0 Å². The smallest absolute Gasteiger partial charge is 0.148 e. The number of alkyl halides is 1. The number of rotatable bonds is 3. The Labute approximate surface area is 91.4 Å². The molecule has 3 nitrogen and oxygen atoms in total. The first-order valence-corrected chi connectivity index (χ1v) is 5.68. The van der Waals surface area contributed by atoms with Crippen LogP contribution >= 0.6 is 22.9 Å². The van der Waals surface area contributed by atoms with Gasteiger partial charge in [-0.05, 0) is 23.9 Å². The minimum atomic E-state index is 0.407. The van der Waals surface area contributed by atoms with E-state index in [-0.39, 0.29) is 0 Å². The van der Waals surface area contributed by atoms with Gasteiger partial charge < -0.3 is 4.57 Å². The van der Waals surface area contributed by atoms with Crippen molar-refractivity contribution in [1.82, 2.24) is 14.8 Å². The van der Waals surface area contributed by atoms with Gasteiger partial charge in [-0.3, -0.25) is 0 Å². The van der Waals surface area contributed by atoms with Crippen LogP contribution in [0.15, 0.2) is 17.8 Å². The van der Waals surface area contributed by atoms with Crippen LogP contribution in [0.1, 0.15) is 16.3 Å². The number of aromatic nitrogens is 3. The summed E-state index contributed by atoms with van der Waals surface area (Å²) in [6, 6.07) is 2.12. The minimum Gasteiger partial charge on any atom is -0.311 e. The van der Waals surface area contributed by atoms with E-state index in [2.05, 4.69) is 28.6 Å². The lowest BCUT2D eigenvalue weighted by molar-refractivity contribution is 0.761. The summed E-state index contributed by atoms with van der Waals surface area (Å²) in [6.07, 6.45) is 1.72. The molecule has 2 aromatic heterocycles. The quantitative estimate of drug-likeness (QED) is 0.755. The summed E-state index contributed by atoms with van der Waals surface area (Å²) in [5.74, 6) is 1.23. The van der Waals surface area contributed by atoms with Gasteiger partial charge in [-0.15, -0.1) is 33.1 Å². The summed E-state index contributed by atoms with van der Waals surface area (Å²) in [5, 5.41) is 9.86. The number of thiophene rings is 1. The van der Waals surface area contributed by atoms with Gasteiger partial charge in [0.25, 0.3) is 0 Å². The third-order valence-corrected chi connectivity index (χ3v) is 3.34. The predicted octanol–water partition coefficient (Wildman–Crippen LogP) is 2.44. The molecule has 0 aliphatic carbocycles. The first kappa shape index (κ1) is 9.68. The highest BCUT2D eigenvalue weighted by atomic mass is 35.5. The van der Waals surface area contributed by atoms with Crippen LogP contribution in [0.4, 0.5) is 0 Å². The van der Waals surface area contributed by atoms with Gasteiger partial charge in [0.15, 0.2) is 0 Å². The molecule has 14 heavy (non-hydrogen) atoms. The average Bonchev–Trinajstić information content (AvgIpc) is 2.77. The Morgan fingerprint density at radius 2 is 2.43 bits per heavy atom. The van der Waals surface area contributed by atoms with Gasteiger partial charge >= 0.3 is 0 Å². The van der Waals surface area contributed by atoms with Gasteiger partial charge in [0.2, 0.25) is 0 Å². The van der Waals surface area contributed by atoms with Gasteiger partial charge in [0, 0.05) is 4.88 Å². The molecule has 0 radical (unpaired) electrons. The predicted molar refractivity (Wildman–Crippen MR) is 57.7 cm³/mol. The van der Waals surface area contributed by atoms with Crippen molar-refractivity contribution in [3.05, 3.63) is 34.0 Å². The Kier molecular flexibility index (Phi) is 2.84. The Bertz CT molecular complexity index is 421. The zero-order valence-corrected chi connectivity index (χ0v) is 9.35. The maximum atomic E-state index is 5.73. The number of aryl methyl sites for hydroxylation is 1. The Morgan fingerprint density at radius 1 is 1.57 bits per heavy atom. The molecular weight excluding hydrogens is 218 g/mol. The second kappa shape index (κ2) is 4.11. The molecule has 0 saturated carbocycles. The fraction of sp³-hybridized carbons (Fsp3) is 0.333. The lowest BCUT2D eigenvalue weighted by atomic mass is 10.3. The highest BCUT2D eigenvalue weighted by Crippen LogP contribution is 2.17. The maximum Gasteiger partial charge on any atom is 0.148 e. The third-order valence-electron chi connectivity index (χ3n) is 2.10. The van der Waals surface area contributed by atoms with Gasteiger partial charge in [-0.2, -0.15) is 0 Å². The van der Waals surface area contributed by atoms with E-state index in [1.165, 1.54) is 10.4 Å². The molecule has 0 aliphatic rings. The molecule has 2 rings (SSSR count). The molecule has 74 valence electrons. The van der Waals surface area contributed by atoms with Crippen LogP contribution in [0.5, 0.6) is 0 Å². The molecule has 2 aromatic rings. The van der Waals surface area contributed by atoms with Crippen molar-refractivity contribution in [3.63, 3.8) is 0 Å². The van der Waals surface area contributed by atoms with E-state index in [0.29, 0.717) is 5.88 Å². The average molecular weight is 228 g/mol. The van der Waals surface area contributed by atoms with E-state index in [1.807, 2.05) is 4.57 Å². The lowest BCUT2D eigenvalue weighted by Crippen LogP contribution is -2.02. The summed E-state index contributed by atoms with van der Waals surface area (Å²) < 4.78 is 1.98. The van der Waals surface area contributed by atoms with Gasteiger partial charge in [0.05, 0.1) is 12.4 Å². The van der Waals surface area contributed by atoms with Crippen LogP contribution in [0.3, 0.4) is 0 Å². The van der Waals surface area contributed by atoms with Gasteiger partial charge in [-0.1, -0.05) is 0 Å². The molecule has 0 saturated heterocycles. The van der Waals surface area contributed by atoms with E-state index < -0.39 is 0 Å². The van der Waals surface area contributed by atoms with E-state index in [9.17, 15) is 0 Å². The molecule has 0 amide bonds. The number of hydrogen-bond acceptors (Lipinski definition) is 3. The van der Waals surface area contributed by atoms with Crippen molar-refractivity contribution in [2.45, 2.75) is 19.3 Å². The molecule has 0 aliphatic heterocycles. The van der Waals surface area contributed by atoms with Crippen molar-refractivity contribution in [1.29, 1.82) is 0 Å². The molecule has 2 heterocycles. The Morgan fingerprint density at radius 3 is 3.07 bits per heavy atom. The normalized spacial score (nSPS) is 10.7. The highest BCUT2D eigenvalue weighted by Gasteiger charge is 2.05. The molecule has 0 fully saturated rings. The minimum absolute atomic E-state index is 0.407. The standard InChI is InChI=1S/C9H10ClN3S/c1-7-2-3-14-8(7)5-13-6-11-12-9(13)4-10/h2-3,6H,4-5H2,1H3. The van der Waals surface area contributed by atoms with Gasteiger partial charge in [-0.25, -0.2) is 0 Å². The number of hydrogen-bond donors (Lipinski definition) is 0. The van der Waals surface area contributed by atoms with E-state index in [1.54, 1.807) is 17.7 Å². The van der Waals surface area contributed by atoms with Crippen molar-refractivity contribution in [2.24, 2.45) is 0 Å². The highest BCUT2D eigenvalue weighted by molar-refractivity contribution is 7.10. The largest absolute Gasteiger partial charge is 0.311 e. The molecule has 0 unspecified atom stereocenters. The molecule has 0 bridgehead atoms. The van der Waals surface area contributed by atoms with Crippen LogP contribution in [0.25, 0.3) is 0 Å². The first-order chi connectivity index (χ1) is 6.81. The van der Waals surface area contributed by atoms with Crippen LogP contribution in [0, 0.1) is 6.92 Å². The fourth-order valence-electron chi connectivity index (χ4n) is 1.24. The van der Waals surface area contributed by atoms with Gasteiger partial charge in [0.1, 0.15) is 12.2 Å². The molecule has 0 aromatic carbocycles. The SMILES string of the molecule is Cc1ccsc1Cn1cnnc1CCl. The summed E-state index contributed by atoms with van der Waals surface area (Å²) >= 11 is 7.48. The Hall–Kier alpha value is -0.870. The summed E-state index contributed by atoms with van der Waals surface area (Å²) in [6.45, 7) is 2.93. The fourth-order valence-corrected chi connectivity index (χ4v) is 2.35. The van der Waals surface area contributed by atoms with E-state index >= 15 is 0 Å². The van der Waals surface area contributed by atoms with Crippen molar-refractivity contribution in [2.75, 3.05) is 0 Å². The molecule has 5 heteroatoms. The lowest BCUT2D eigenvalue weighted by Gasteiger charge is -2.03. The van der Waals surface area contributed by atoms with E-state index in [4.69, 9.17) is 11.6 Å². The summed E-state index contributed by atoms with van der Waals surface area (Å²) in [4.78, 5) is 1.33. The first-order valence-electron chi connectivity index (χ1n) is 4.27. The van der Waals surface area contributed by atoms with Crippen molar-refractivity contribution in [3.8, 4) is 0 Å². The topological polar surface area (TPSA) is 30.7 Å².